The third-order valence-electron chi connectivity index (χ3n) is 1.35. The standard InChI is InChI=1S/C8H8FNOS/c1-5-4-6(9)2-3-7(5)12-8(10)11/h2-4H,1H3,(H2,10,11). The largest absolute Gasteiger partial charge is 0.360 e. The van der Waals surface area contributed by atoms with Crippen LogP contribution in [0, 0.1) is 12.7 Å². The first-order valence-electron chi connectivity index (χ1n) is 3.33. The number of hydrogen-bond donors (Lipinski definition) is 1. The fourth-order valence-electron chi connectivity index (χ4n) is 0.836. The summed E-state index contributed by atoms with van der Waals surface area (Å²) in [6.45, 7) is 1.73. The molecule has 0 saturated heterocycles. The monoisotopic (exact) mass is 185 g/mol. The molecule has 0 aromatic heterocycles. The minimum Gasteiger partial charge on any atom is -0.360 e. The van der Waals surface area contributed by atoms with E-state index in [9.17, 15) is 9.18 Å². The van der Waals surface area contributed by atoms with E-state index in [0.717, 1.165) is 17.3 Å². The van der Waals surface area contributed by atoms with Crippen LogP contribution in [-0.4, -0.2) is 5.24 Å². The summed E-state index contributed by atoms with van der Waals surface area (Å²) in [6, 6.07) is 4.21. The van der Waals surface area contributed by atoms with E-state index in [1.165, 1.54) is 12.1 Å². The molecular formula is C8H8FNOS. The van der Waals surface area contributed by atoms with Crippen LogP contribution >= 0.6 is 11.8 Å². The number of aryl methyl sites for hydroxylation is 1. The second-order valence-corrected chi connectivity index (χ2v) is 3.38. The van der Waals surface area contributed by atoms with Gasteiger partial charge in [0.25, 0.3) is 5.24 Å². The van der Waals surface area contributed by atoms with Crippen molar-refractivity contribution in [3.8, 4) is 0 Å². The van der Waals surface area contributed by atoms with Crippen LogP contribution in [0.1, 0.15) is 5.56 Å². The molecule has 2 nitrogen and oxygen atoms in total. The fraction of sp³-hybridized carbons (Fsp3) is 0.125. The van der Waals surface area contributed by atoms with E-state index in [1.807, 2.05) is 0 Å². The molecule has 0 spiro atoms. The van der Waals surface area contributed by atoms with Crippen LogP contribution in [0.25, 0.3) is 0 Å². The summed E-state index contributed by atoms with van der Waals surface area (Å²) in [4.78, 5) is 11.2. The number of thioether (sulfide) groups is 1. The Labute approximate surface area is 74.0 Å². The molecule has 0 bridgehead atoms. The normalized spacial score (nSPS) is 9.83. The second-order valence-electron chi connectivity index (χ2n) is 2.33. The van der Waals surface area contributed by atoms with Gasteiger partial charge in [0, 0.05) is 4.90 Å². The van der Waals surface area contributed by atoms with E-state index < -0.39 is 5.24 Å². The van der Waals surface area contributed by atoms with Crippen molar-refractivity contribution >= 4 is 17.0 Å². The molecule has 0 atom stereocenters. The molecule has 0 heterocycles. The Balaban J connectivity index is 2.93. The predicted octanol–water partition coefficient (Wildman–Crippen LogP) is 2.30. The molecule has 1 rings (SSSR count). The Morgan fingerprint density at radius 2 is 2.25 bits per heavy atom. The minimum absolute atomic E-state index is 0.304. The van der Waals surface area contributed by atoms with E-state index in [0.29, 0.717) is 4.90 Å². The predicted molar refractivity (Wildman–Crippen MR) is 46.6 cm³/mol. The van der Waals surface area contributed by atoms with Crippen LogP contribution in [0.5, 0.6) is 0 Å². The number of rotatable bonds is 1. The molecule has 4 heteroatoms. The zero-order valence-corrected chi connectivity index (χ0v) is 7.32. The molecule has 12 heavy (non-hydrogen) atoms. The molecule has 0 unspecified atom stereocenters. The number of carbonyl (C=O) groups is 1. The Hall–Kier alpha value is -1.03. The van der Waals surface area contributed by atoms with Gasteiger partial charge in [0.2, 0.25) is 0 Å². The van der Waals surface area contributed by atoms with Gasteiger partial charge in [-0.25, -0.2) is 4.39 Å². The van der Waals surface area contributed by atoms with E-state index >= 15 is 0 Å². The summed E-state index contributed by atoms with van der Waals surface area (Å²) in [5.74, 6) is -0.304. The molecule has 1 aromatic rings. The van der Waals surface area contributed by atoms with Gasteiger partial charge in [0.05, 0.1) is 0 Å². The van der Waals surface area contributed by atoms with Gasteiger partial charge in [-0.2, -0.15) is 0 Å². The molecule has 64 valence electrons. The third kappa shape index (κ3) is 2.23. The molecular weight excluding hydrogens is 177 g/mol. The molecule has 0 radical (unpaired) electrons. The molecule has 0 aliphatic rings. The fourth-order valence-corrected chi connectivity index (χ4v) is 1.41. The lowest BCUT2D eigenvalue weighted by atomic mass is 10.2. The van der Waals surface area contributed by atoms with Crippen LogP contribution in [0.4, 0.5) is 9.18 Å². The van der Waals surface area contributed by atoms with E-state index in [4.69, 9.17) is 5.73 Å². The van der Waals surface area contributed by atoms with Crippen molar-refractivity contribution in [2.45, 2.75) is 11.8 Å². The number of benzene rings is 1. The lowest BCUT2D eigenvalue weighted by molar-refractivity contribution is 0.267. The third-order valence-corrected chi connectivity index (χ3v) is 2.23. The smallest absolute Gasteiger partial charge is 0.281 e. The van der Waals surface area contributed by atoms with E-state index in [1.54, 1.807) is 13.0 Å². The van der Waals surface area contributed by atoms with Crippen LogP contribution in [0.15, 0.2) is 23.1 Å². The maximum atomic E-state index is 12.6. The lowest BCUT2D eigenvalue weighted by Gasteiger charge is -2.01. The van der Waals surface area contributed by atoms with Crippen molar-refractivity contribution < 1.29 is 9.18 Å². The van der Waals surface area contributed by atoms with Gasteiger partial charge in [-0.05, 0) is 42.4 Å². The van der Waals surface area contributed by atoms with Crippen molar-refractivity contribution in [3.63, 3.8) is 0 Å². The number of hydrogen-bond acceptors (Lipinski definition) is 2. The Morgan fingerprint density at radius 1 is 1.58 bits per heavy atom. The van der Waals surface area contributed by atoms with Crippen molar-refractivity contribution in [1.29, 1.82) is 0 Å². The zero-order valence-electron chi connectivity index (χ0n) is 6.50. The first-order valence-corrected chi connectivity index (χ1v) is 4.14. The van der Waals surface area contributed by atoms with Crippen molar-refractivity contribution in [3.05, 3.63) is 29.6 Å². The first kappa shape index (κ1) is 9.06. The molecule has 0 aliphatic carbocycles. The summed E-state index contributed by atoms with van der Waals surface area (Å²) < 4.78 is 12.6. The molecule has 0 fully saturated rings. The van der Waals surface area contributed by atoms with Gasteiger partial charge in [-0.3, -0.25) is 4.79 Å². The van der Waals surface area contributed by atoms with E-state index in [-0.39, 0.29) is 5.82 Å². The lowest BCUT2D eigenvalue weighted by Crippen LogP contribution is -2.02. The first-order chi connectivity index (χ1) is 5.59. The quantitative estimate of drug-likeness (QED) is 0.682. The number of nitrogens with two attached hydrogens (primary N) is 1. The average molecular weight is 185 g/mol. The highest BCUT2D eigenvalue weighted by Crippen LogP contribution is 2.22. The minimum atomic E-state index is -0.482. The number of carbonyl (C=O) groups excluding carboxylic acids is 1. The van der Waals surface area contributed by atoms with Crippen LogP contribution < -0.4 is 5.73 Å². The van der Waals surface area contributed by atoms with Gasteiger partial charge in [-0.15, -0.1) is 0 Å². The Bertz CT molecular complexity index is 314. The summed E-state index contributed by atoms with van der Waals surface area (Å²) in [7, 11) is 0. The summed E-state index contributed by atoms with van der Waals surface area (Å²) in [6.07, 6.45) is 0. The van der Waals surface area contributed by atoms with Crippen LogP contribution in [0.3, 0.4) is 0 Å². The van der Waals surface area contributed by atoms with Crippen molar-refractivity contribution in [2.24, 2.45) is 5.73 Å². The SMILES string of the molecule is Cc1cc(F)ccc1SC(N)=O. The highest BCUT2D eigenvalue weighted by molar-refractivity contribution is 8.13. The van der Waals surface area contributed by atoms with Gasteiger partial charge in [-0.1, -0.05) is 0 Å². The maximum Gasteiger partial charge on any atom is 0.281 e. The molecule has 1 amide bonds. The summed E-state index contributed by atoms with van der Waals surface area (Å²) in [5, 5.41) is -0.482. The van der Waals surface area contributed by atoms with Gasteiger partial charge in [0.1, 0.15) is 5.82 Å². The molecule has 2 N–H and O–H groups in total. The number of amides is 1. The molecule has 1 aromatic carbocycles. The molecule has 0 saturated carbocycles. The summed E-state index contributed by atoms with van der Waals surface area (Å²) >= 11 is 0.906. The Kier molecular flexibility index (Phi) is 2.70. The maximum absolute atomic E-state index is 12.6. The van der Waals surface area contributed by atoms with E-state index in [2.05, 4.69) is 0 Å². The summed E-state index contributed by atoms with van der Waals surface area (Å²) in [5.41, 5.74) is 5.68. The van der Waals surface area contributed by atoms with Crippen molar-refractivity contribution in [1.82, 2.24) is 0 Å². The number of halogens is 1. The Morgan fingerprint density at radius 3 is 2.75 bits per heavy atom. The number of primary amides is 1. The zero-order chi connectivity index (χ0) is 9.14. The molecule has 0 aliphatic heterocycles. The van der Waals surface area contributed by atoms with Crippen LogP contribution in [0.2, 0.25) is 0 Å². The topological polar surface area (TPSA) is 43.1 Å². The van der Waals surface area contributed by atoms with Gasteiger partial charge < -0.3 is 5.73 Å². The average Bonchev–Trinajstić information content (AvgIpc) is 1.94. The highest BCUT2D eigenvalue weighted by atomic mass is 32.2. The van der Waals surface area contributed by atoms with Crippen LogP contribution in [-0.2, 0) is 0 Å². The van der Waals surface area contributed by atoms with Crippen molar-refractivity contribution in [2.75, 3.05) is 0 Å². The van der Waals surface area contributed by atoms with Gasteiger partial charge >= 0.3 is 0 Å². The second kappa shape index (κ2) is 3.58. The van der Waals surface area contributed by atoms with Gasteiger partial charge in [0.15, 0.2) is 0 Å². The highest BCUT2D eigenvalue weighted by Gasteiger charge is 2.03.